The summed E-state index contributed by atoms with van der Waals surface area (Å²) in [5.74, 6) is 0.487. The molecular weight excluding hydrogens is 367 g/mol. The van der Waals surface area contributed by atoms with Gasteiger partial charge in [-0.1, -0.05) is 24.3 Å². The normalized spacial score (nSPS) is 19.1. The summed E-state index contributed by atoms with van der Waals surface area (Å²) in [5, 5.41) is 0. The van der Waals surface area contributed by atoms with Crippen LogP contribution in [0.2, 0.25) is 0 Å². The van der Waals surface area contributed by atoms with Crippen LogP contribution in [0.1, 0.15) is 17.2 Å². The number of likely N-dealkylation sites (N-methyl/N-ethyl adjacent to an activating group) is 1. The Morgan fingerprint density at radius 1 is 1.15 bits per heavy atom. The third-order valence-electron chi connectivity index (χ3n) is 5.04. The SMILES string of the molecule is COc1cccc(CCS(=O)(=O)N2CCN(C)C(c3ccc(F)cc3)C2)c1. The van der Waals surface area contributed by atoms with Crippen molar-refractivity contribution in [2.75, 3.05) is 39.5 Å². The second-order valence-electron chi connectivity index (χ2n) is 6.82. The number of benzene rings is 2. The first kappa shape index (κ1) is 19.8. The minimum atomic E-state index is -3.38. The van der Waals surface area contributed by atoms with Crippen molar-refractivity contribution in [3.8, 4) is 5.75 Å². The summed E-state index contributed by atoms with van der Waals surface area (Å²) < 4.78 is 45.7. The maximum absolute atomic E-state index is 13.2. The summed E-state index contributed by atoms with van der Waals surface area (Å²) in [7, 11) is 0.178. The van der Waals surface area contributed by atoms with Gasteiger partial charge in [0.1, 0.15) is 11.6 Å². The average Bonchev–Trinajstić information content (AvgIpc) is 2.68. The van der Waals surface area contributed by atoms with Crippen molar-refractivity contribution in [3.05, 3.63) is 65.5 Å². The van der Waals surface area contributed by atoms with E-state index in [1.165, 1.54) is 12.1 Å². The Morgan fingerprint density at radius 2 is 1.89 bits per heavy atom. The molecular formula is C20H25FN2O3S. The van der Waals surface area contributed by atoms with E-state index in [1.54, 1.807) is 23.5 Å². The number of halogens is 1. The molecule has 146 valence electrons. The Kier molecular flexibility index (Phi) is 6.14. The number of hydrogen-bond donors (Lipinski definition) is 0. The predicted molar refractivity (Wildman–Crippen MR) is 104 cm³/mol. The number of piperazine rings is 1. The molecule has 0 radical (unpaired) electrons. The Morgan fingerprint density at radius 3 is 2.59 bits per heavy atom. The van der Waals surface area contributed by atoms with Crippen molar-refractivity contribution in [3.63, 3.8) is 0 Å². The number of nitrogens with zero attached hydrogens (tertiary/aromatic N) is 2. The van der Waals surface area contributed by atoms with E-state index in [4.69, 9.17) is 4.74 Å². The average molecular weight is 392 g/mol. The van der Waals surface area contributed by atoms with Gasteiger partial charge in [-0.3, -0.25) is 4.90 Å². The molecule has 7 heteroatoms. The largest absolute Gasteiger partial charge is 0.497 e. The van der Waals surface area contributed by atoms with Crippen LogP contribution in [0.25, 0.3) is 0 Å². The van der Waals surface area contributed by atoms with E-state index in [0.717, 1.165) is 16.9 Å². The van der Waals surface area contributed by atoms with Crippen LogP contribution in [0.5, 0.6) is 5.75 Å². The quantitative estimate of drug-likeness (QED) is 0.759. The lowest BCUT2D eigenvalue weighted by Crippen LogP contribution is -2.49. The standard InChI is InChI=1S/C20H25FN2O3S/c1-22-11-12-23(15-20(22)17-6-8-18(21)9-7-17)27(24,25)13-10-16-4-3-5-19(14-16)26-2/h3-9,14,20H,10-13,15H2,1-2H3. The van der Waals surface area contributed by atoms with Gasteiger partial charge in [0, 0.05) is 25.7 Å². The molecule has 1 aliphatic rings. The van der Waals surface area contributed by atoms with Crippen molar-refractivity contribution in [2.24, 2.45) is 0 Å². The predicted octanol–water partition coefficient (Wildman–Crippen LogP) is 2.70. The summed E-state index contributed by atoms with van der Waals surface area (Å²) in [6.45, 7) is 1.48. The Balaban J connectivity index is 1.69. The second-order valence-corrected chi connectivity index (χ2v) is 8.91. The van der Waals surface area contributed by atoms with Crippen molar-refractivity contribution in [1.82, 2.24) is 9.21 Å². The molecule has 0 spiro atoms. The van der Waals surface area contributed by atoms with Gasteiger partial charge in [-0.15, -0.1) is 0 Å². The summed E-state index contributed by atoms with van der Waals surface area (Å²) >= 11 is 0. The van der Waals surface area contributed by atoms with Crippen molar-refractivity contribution < 1.29 is 17.5 Å². The first-order valence-corrected chi connectivity index (χ1v) is 10.6. The van der Waals surface area contributed by atoms with Gasteiger partial charge in [-0.2, -0.15) is 4.31 Å². The summed E-state index contributed by atoms with van der Waals surface area (Å²) in [4.78, 5) is 2.11. The van der Waals surface area contributed by atoms with Gasteiger partial charge in [0.25, 0.3) is 0 Å². The number of hydrogen-bond acceptors (Lipinski definition) is 4. The molecule has 2 aromatic carbocycles. The monoisotopic (exact) mass is 392 g/mol. The fraction of sp³-hybridized carbons (Fsp3) is 0.400. The molecule has 1 fully saturated rings. The van der Waals surface area contributed by atoms with Crippen LogP contribution in [-0.4, -0.2) is 57.2 Å². The number of rotatable bonds is 6. The van der Waals surface area contributed by atoms with E-state index in [9.17, 15) is 12.8 Å². The molecule has 0 bridgehead atoms. The summed E-state index contributed by atoms with van der Waals surface area (Å²) in [6, 6.07) is 13.7. The third kappa shape index (κ3) is 4.86. The van der Waals surface area contributed by atoms with E-state index >= 15 is 0 Å². The highest BCUT2D eigenvalue weighted by atomic mass is 32.2. The number of ether oxygens (including phenoxy) is 1. The van der Waals surface area contributed by atoms with Gasteiger partial charge in [-0.25, -0.2) is 12.8 Å². The fourth-order valence-corrected chi connectivity index (χ4v) is 4.83. The number of methoxy groups -OCH3 is 1. The lowest BCUT2D eigenvalue weighted by molar-refractivity contribution is 0.148. The lowest BCUT2D eigenvalue weighted by Gasteiger charge is -2.39. The Bertz CT molecular complexity index is 871. The van der Waals surface area contributed by atoms with Gasteiger partial charge < -0.3 is 4.74 Å². The van der Waals surface area contributed by atoms with Crippen molar-refractivity contribution in [2.45, 2.75) is 12.5 Å². The lowest BCUT2D eigenvalue weighted by atomic mass is 10.0. The molecule has 1 heterocycles. The van der Waals surface area contributed by atoms with Crippen LogP contribution in [0.3, 0.4) is 0 Å². The minimum Gasteiger partial charge on any atom is -0.497 e. The van der Waals surface area contributed by atoms with E-state index in [0.29, 0.717) is 26.1 Å². The zero-order valence-corrected chi connectivity index (χ0v) is 16.5. The zero-order valence-electron chi connectivity index (χ0n) is 15.6. The van der Waals surface area contributed by atoms with Crippen LogP contribution in [0.4, 0.5) is 4.39 Å². The molecule has 0 aromatic heterocycles. The van der Waals surface area contributed by atoms with E-state index in [2.05, 4.69) is 4.90 Å². The highest BCUT2D eigenvalue weighted by Crippen LogP contribution is 2.26. The first-order chi connectivity index (χ1) is 12.9. The Hall–Kier alpha value is -1.96. The van der Waals surface area contributed by atoms with Gasteiger partial charge in [0.05, 0.1) is 12.9 Å². The molecule has 2 aromatic rings. The second kappa shape index (κ2) is 8.37. The van der Waals surface area contributed by atoms with Crippen LogP contribution in [0.15, 0.2) is 48.5 Å². The van der Waals surface area contributed by atoms with Crippen LogP contribution in [-0.2, 0) is 16.4 Å². The molecule has 3 rings (SSSR count). The highest BCUT2D eigenvalue weighted by molar-refractivity contribution is 7.89. The fourth-order valence-electron chi connectivity index (χ4n) is 3.35. The van der Waals surface area contributed by atoms with Gasteiger partial charge >= 0.3 is 0 Å². The molecule has 0 amide bonds. The molecule has 1 saturated heterocycles. The zero-order chi connectivity index (χ0) is 19.4. The summed E-state index contributed by atoms with van der Waals surface area (Å²) in [5.41, 5.74) is 1.86. The van der Waals surface area contributed by atoms with E-state index in [-0.39, 0.29) is 17.6 Å². The van der Waals surface area contributed by atoms with E-state index < -0.39 is 10.0 Å². The smallest absolute Gasteiger partial charge is 0.214 e. The third-order valence-corrected chi connectivity index (χ3v) is 6.88. The van der Waals surface area contributed by atoms with Gasteiger partial charge in [-0.05, 0) is 48.9 Å². The number of sulfonamides is 1. The maximum atomic E-state index is 13.2. The molecule has 1 atom stereocenters. The molecule has 1 aliphatic heterocycles. The number of aryl methyl sites for hydroxylation is 1. The molecule has 0 N–H and O–H groups in total. The topological polar surface area (TPSA) is 49.9 Å². The van der Waals surface area contributed by atoms with Crippen LogP contribution in [0, 0.1) is 5.82 Å². The first-order valence-electron chi connectivity index (χ1n) is 8.95. The maximum Gasteiger partial charge on any atom is 0.214 e. The summed E-state index contributed by atoms with van der Waals surface area (Å²) in [6.07, 6.45) is 0.438. The molecule has 27 heavy (non-hydrogen) atoms. The van der Waals surface area contributed by atoms with Gasteiger partial charge in [0.15, 0.2) is 0 Å². The Labute approximate surface area is 160 Å². The minimum absolute atomic E-state index is 0.0556. The van der Waals surface area contributed by atoms with Crippen LogP contribution < -0.4 is 4.74 Å². The molecule has 0 aliphatic carbocycles. The highest BCUT2D eigenvalue weighted by Gasteiger charge is 2.32. The van der Waals surface area contributed by atoms with Crippen LogP contribution >= 0.6 is 0 Å². The molecule has 1 unspecified atom stereocenters. The van der Waals surface area contributed by atoms with E-state index in [1.807, 2.05) is 31.3 Å². The van der Waals surface area contributed by atoms with Gasteiger partial charge in [0.2, 0.25) is 10.0 Å². The van der Waals surface area contributed by atoms with Crippen molar-refractivity contribution >= 4 is 10.0 Å². The molecule has 0 saturated carbocycles. The molecule has 5 nitrogen and oxygen atoms in total. The van der Waals surface area contributed by atoms with Crippen molar-refractivity contribution in [1.29, 1.82) is 0 Å².